The number of carbonyl (C=O) groups is 1. The molecule has 1 aliphatic carbocycles. The van der Waals surface area contributed by atoms with E-state index < -0.39 is 0 Å². The molecule has 2 aromatic carbocycles. The normalized spacial score (nSPS) is 12.1. The minimum absolute atomic E-state index is 0.0788. The van der Waals surface area contributed by atoms with E-state index in [0.29, 0.717) is 0 Å². The molecule has 0 fully saturated rings. The van der Waals surface area contributed by atoms with Crippen LogP contribution < -0.4 is 5.32 Å². The fraction of sp³-hybridized carbons (Fsp3) is 0.0588. The lowest BCUT2D eigenvalue weighted by Crippen LogP contribution is -1.93. The third-order valence-electron chi connectivity index (χ3n) is 3.56. The van der Waals surface area contributed by atoms with Crippen molar-refractivity contribution in [3.8, 4) is 11.3 Å². The van der Waals surface area contributed by atoms with Crippen LogP contribution >= 0.6 is 11.3 Å². The van der Waals surface area contributed by atoms with Crippen molar-refractivity contribution < 1.29 is 4.79 Å². The van der Waals surface area contributed by atoms with Crippen molar-refractivity contribution in [2.45, 2.75) is 6.92 Å². The second-order valence-corrected chi connectivity index (χ2v) is 6.06. The van der Waals surface area contributed by atoms with Gasteiger partial charge in [0, 0.05) is 16.8 Å². The molecule has 0 aliphatic heterocycles. The van der Waals surface area contributed by atoms with E-state index >= 15 is 0 Å². The Morgan fingerprint density at radius 1 is 1.00 bits per heavy atom. The summed E-state index contributed by atoms with van der Waals surface area (Å²) < 4.78 is 0. The highest BCUT2D eigenvalue weighted by Gasteiger charge is 2.30. The van der Waals surface area contributed by atoms with E-state index in [1.165, 1.54) is 16.9 Å². The monoisotopic (exact) mass is 292 g/mol. The van der Waals surface area contributed by atoms with Gasteiger partial charge in [-0.15, -0.1) is 0 Å². The summed E-state index contributed by atoms with van der Waals surface area (Å²) >= 11 is 1.41. The van der Waals surface area contributed by atoms with Crippen molar-refractivity contribution in [2.24, 2.45) is 0 Å². The first-order chi connectivity index (χ1) is 10.2. The van der Waals surface area contributed by atoms with Crippen LogP contribution in [0.4, 0.5) is 10.8 Å². The molecule has 4 rings (SSSR count). The second-order valence-electron chi connectivity index (χ2n) is 5.06. The number of benzene rings is 2. The van der Waals surface area contributed by atoms with Gasteiger partial charge >= 0.3 is 0 Å². The van der Waals surface area contributed by atoms with Crippen LogP contribution in [0.2, 0.25) is 0 Å². The van der Waals surface area contributed by atoms with E-state index in [2.05, 4.69) is 17.2 Å². The summed E-state index contributed by atoms with van der Waals surface area (Å²) in [5.74, 6) is 0.0788. The standard InChI is InChI=1S/C17H12N2OS/c1-10-6-8-11(9-7-10)18-17-19-14-12-4-2-3-5-13(12)15(20)16(14)21-17/h2-9H,1H3,(H,18,19). The summed E-state index contributed by atoms with van der Waals surface area (Å²) in [5, 5.41) is 4.02. The molecule has 1 N–H and O–H groups in total. The zero-order chi connectivity index (χ0) is 14.4. The number of ketones is 1. The molecule has 102 valence electrons. The number of aryl methyl sites for hydroxylation is 1. The number of rotatable bonds is 2. The predicted octanol–water partition coefficient (Wildman–Crippen LogP) is 4.41. The van der Waals surface area contributed by atoms with Crippen molar-refractivity contribution in [1.82, 2.24) is 4.98 Å². The average Bonchev–Trinajstić information content (AvgIpc) is 3.02. The van der Waals surface area contributed by atoms with Crippen LogP contribution in [0.5, 0.6) is 0 Å². The van der Waals surface area contributed by atoms with Crippen LogP contribution in [-0.4, -0.2) is 10.8 Å². The first kappa shape index (κ1) is 12.3. The maximum atomic E-state index is 12.3. The molecule has 1 aromatic heterocycles. The number of fused-ring (bicyclic) bond motifs is 3. The van der Waals surface area contributed by atoms with Gasteiger partial charge in [-0.05, 0) is 19.1 Å². The van der Waals surface area contributed by atoms with Gasteiger partial charge in [-0.3, -0.25) is 4.79 Å². The van der Waals surface area contributed by atoms with Crippen molar-refractivity contribution in [1.29, 1.82) is 0 Å². The molecule has 0 atom stereocenters. The van der Waals surface area contributed by atoms with E-state index in [9.17, 15) is 4.79 Å². The first-order valence-electron chi connectivity index (χ1n) is 6.71. The van der Waals surface area contributed by atoms with Crippen LogP contribution in [0, 0.1) is 6.92 Å². The van der Waals surface area contributed by atoms with Gasteiger partial charge in [0.15, 0.2) is 5.13 Å². The summed E-state index contributed by atoms with van der Waals surface area (Å²) in [6.07, 6.45) is 0. The van der Waals surface area contributed by atoms with Crippen molar-refractivity contribution in [3.63, 3.8) is 0 Å². The smallest absolute Gasteiger partial charge is 0.205 e. The van der Waals surface area contributed by atoms with Gasteiger partial charge in [-0.1, -0.05) is 53.3 Å². The van der Waals surface area contributed by atoms with E-state index in [0.717, 1.165) is 32.5 Å². The number of hydrogen-bond donors (Lipinski definition) is 1. The molecule has 0 unspecified atom stereocenters. The number of nitrogens with zero attached hydrogens (tertiary/aromatic N) is 1. The summed E-state index contributed by atoms with van der Waals surface area (Å²) in [7, 11) is 0. The number of carbonyl (C=O) groups excluding carboxylic acids is 1. The molecule has 0 saturated carbocycles. The molecule has 4 heteroatoms. The van der Waals surface area contributed by atoms with Gasteiger partial charge in [0.25, 0.3) is 0 Å². The Kier molecular flexibility index (Phi) is 2.65. The third-order valence-corrected chi connectivity index (χ3v) is 4.53. The maximum Gasteiger partial charge on any atom is 0.205 e. The zero-order valence-electron chi connectivity index (χ0n) is 11.4. The van der Waals surface area contributed by atoms with Gasteiger partial charge in [0.2, 0.25) is 5.78 Å². The fourth-order valence-electron chi connectivity index (χ4n) is 2.48. The van der Waals surface area contributed by atoms with Gasteiger partial charge in [0.1, 0.15) is 4.88 Å². The lowest BCUT2D eigenvalue weighted by Gasteiger charge is -2.03. The first-order valence-corrected chi connectivity index (χ1v) is 7.52. The van der Waals surface area contributed by atoms with Crippen LogP contribution in [-0.2, 0) is 0 Å². The number of aromatic nitrogens is 1. The highest BCUT2D eigenvalue weighted by atomic mass is 32.1. The molecular weight excluding hydrogens is 280 g/mol. The van der Waals surface area contributed by atoms with Crippen LogP contribution in [0.1, 0.15) is 20.8 Å². The summed E-state index contributed by atoms with van der Waals surface area (Å²) in [6.45, 7) is 2.05. The number of nitrogens with one attached hydrogen (secondary N) is 1. The summed E-state index contributed by atoms with van der Waals surface area (Å²) in [4.78, 5) is 17.7. The number of hydrogen-bond acceptors (Lipinski definition) is 4. The van der Waals surface area contributed by atoms with E-state index in [1.54, 1.807) is 0 Å². The minimum atomic E-state index is 0.0788. The molecular formula is C17H12N2OS. The molecule has 0 radical (unpaired) electrons. The quantitative estimate of drug-likeness (QED) is 0.595. The Balaban J connectivity index is 1.72. The molecule has 21 heavy (non-hydrogen) atoms. The highest BCUT2D eigenvalue weighted by Crippen LogP contribution is 2.41. The lowest BCUT2D eigenvalue weighted by atomic mass is 10.1. The topological polar surface area (TPSA) is 42.0 Å². The third kappa shape index (κ3) is 1.96. The second kappa shape index (κ2) is 4.53. The lowest BCUT2D eigenvalue weighted by molar-refractivity contribution is 0.104. The molecule has 0 saturated heterocycles. The summed E-state index contributed by atoms with van der Waals surface area (Å²) in [5.41, 5.74) is 4.69. The number of thiazole rings is 1. The number of anilines is 2. The van der Waals surface area contributed by atoms with Crippen LogP contribution in [0.25, 0.3) is 11.3 Å². The Morgan fingerprint density at radius 2 is 1.71 bits per heavy atom. The van der Waals surface area contributed by atoms with Crippen molar-refractivity contribution >= 4 is 27.9 Å². The zero-order valence-corrected chi connectivity index (χ0v) is 12.2. The highest BCUT2D eigenvalue weighted by molar-refractivity contribution is 7.18. The minimum Gasteiger partial charge on any atom is -0.332 e. The largest absolute Gasteiger partial charge is 0.332 e. The SMILES string of the molecule is Cc1ccc(Nc2nc3c(s2)C(=O)c2ccccc2-3)cc1. The molecule has 0 bridgehead atoms. The molecule has 3 nitrogen and oxygen atoms in total. The van der Waals surface area contributed by atoms with E-state index in [1.807, 2.05) is 48.5 Å². The fourth-order valence-corrected chi connectivity index (χ4v) is 3.43. The Hall–Kier alpha value is -2.46. The summed E-state index contributed by atoms with van der Waals surface area (Å²) in [6, 6.07) is 15.8. The molecule has 0 amide bonds. The van der Waals surface area contributed by atoms with Crippen molar-refractivity contribution in [3.05, 3.63) is 64.5 Å². The van der Waals surface area contributed by atoms with Crippen LogP contribution in [0.15, 0.2) is 48.5 Å². The Morgan fingerprint density at radius 3 is 2.48 bits per heavy atom. The van der Waals surface area contributed by atoms with E-state index in [4.69, 9.17) is 0 Å². The molecule has 3 aromatic rings. The van der Waals surface area contributed by atoms with Crippen molar-refractivity contribution in [2.75, 3.05) is 5.32 Å². The van der Waals surface area contributed by atoms with Crippen LogP contribution in [0.3, 0.4) is 0 Å². The van der Waals surface area contributed by atoms with E-state index in [-0.39, 0.29) is 5.78 Å². The maximum absolute atomic E-state index is 12.3. The molecule has 1 heterocycles. The van der Waals surface area contributed by atoms with Gasteiger partial charge in [-0.25, -0.2) is 4.98 Å². The van der Waals surface area contributed by atoms with Gasteiger partial charge < -0.3 is 5.32 Å². The molecule has 0 spiro atoms. The Labute approximate surface area is 126 Å². The molecule has 1 aliphatic rings. The van der Waals surface area contributed by atoms with Gasteiger partial charge in [-0.2, -0.15) is 0 Å². The predicted molar refractivity (Wildman–Crippen MR) is 85.4 cm³/mol. The van der Waals surface area contributed by atoms with Gasteiger partial charge in [0.05, 0.1) is 5.69 Å². The Bertz CT molecular complexity index is 849. The average molecular weight is 292 g/mol.